The van der Waals surface area contributed by atoms with Crippen LogP contribution in [0.1, 0.15) is 91.2 Å². The van der Waals surface area contributed by atoms with E-state index in [9.17, 15) is 14.2 Å². The number of benzene rings is 2. The van der Waals surface area contributed by atoms with Crippen molar-refractivity contribution < 1.29 is 32.7 Å². The van der Waals surface area contributed by atoms with Crippen LogP contribution in [0.2, 0.25) is 0 Å². The summed E-state index contributed by atoms with van der Waals surface area (Å²) < 4.78 is 37.4. The van der Waals surface area contributed by atoms with Gasteiger partial charge in [0, 0.05) is 26.2 Å². The summed E-state index contributed by atoms with van der Waals surface area (Å²) >= 11 is 2.42. The van der Waals surface area contributed by atoms with Gasteiger partial charge in [0.2, 0.25) is 0 Å². The Kier molecular flexibility index (Phi) is 16.9. The number of alkyl halides is 1. The van der Waals surface area contributed by atoms with Crippen LogP contribution < -0.4 is 0 Å². The van der Waals surface area contributed by atoms with Gasteiger partial charge in [0.15, 0.2) is 0 Å². The number of hydrogen-bond donors (Lipinski definition) is 0. The fourth-order valence-corrected chi connectivity index (χ4v) is 8.20. The molecule has 0 saturated carbocycles. The number of hydrogen-bond acceptors (Lipinski definition) is 7. The fourth-order valence-electron chi connectivity index (χ4n) is 5.62. The molecule has 0 atom stereocenters. The smallest absolute Gasteiger partial charge is 0.410 e. The lowest BCUT2D eigenvalue weighted by Crippen LogP contribution is -2.41. The van der Waals surface area contributed by atoms with Crippen LogP contribution in [0.4, 0.5) is 9.59 Å². The van der Waals surface area contributed by atoms with Gasteiger partial charge in [-0.3, -0.25) is 4.57 Å². The number of nitrogens with zero attached hydrogens (tertiary/aromatic N) is 2. The number of amides is 2. The molecular weight excluding hydrogens is 754 g/mol. The number of piperidine rings is 2. The number of halogens is 1. The molecule has 0 unspecified atom stereocenters. The lowest BCUT2D eigenvalue weighted by Gasteiger charge is -2.33. The maximum atomic E-state index is 13.6. The lowest BCUT2D eigenvalue weighted by molar-refractivity contribution is 0.0172. The quantitative estimate of drug-likeness (QED) is 0.127. The highest BCUT2D eigenvalue weighted by molar-refractivity contribution is 14.1. The zero-order chi connectivity index (χ0) is 35.9. The van der Waals surface area contributed by atoms with E-state index in [-0.39, 0.29) is 31.0 Å². The van der Waals surface area contributed by atoms with E-state index in [1.165, 1.54) is 10.8 Å². The number of likely N-dealkylation sites (tertiary alicyclic amines) is 2. The van der Waals surface area contributed by atoms with Crippen molar-refractivity contribution in [2.24, 2.45) is 11.8 Å². The van der Waals surface area contributed by atoms with Crippen molar-refractivity contribution in [1.29, 1.82) is 0 Å². The number of carbonyl (C=O) groups is 2. The van der Waals surface area contributed by atoms with Gasteiger partial charge in [-0.1, -0.05) is 83.3 Å². The van der Waals surface area contributed by atoms with Crippen LogP contribution in [0, 0.1) is 11.8 Å². The van der Waals surface area contributed by atoms with Crippen molar-refractivity contribution >= 4 is 42.4 Å². The highest BCUT2D eigenvalue weighted by Gasteiger charge is 2.31. The molecule has 2 amide bonds. The Morgan fingerprint density at radius 2 is 1.04 bits per heavy atom. The average molecular weight is 813 g/mol. The Morgan fingerprint density at radius 1 is 0.673 bits per heavy atom. The van der Waals surface area contributed by atoms with Gasteiger partial charge in [-0.2, -0.15) is 0 Å². The maximum absolute atomic E-state index is 13.6. The predicted octanol–water partition coefficient (Wildman–Crippen LogP) is 10.1. The third-order valence-electron chi connectivity index (χ3n) is 8.40. The van der Waals surface area contributed by atoms with Gasteiger partial charge in [-0.05, 0) is 107 Å². The molecule has 2 fully saturated rings. The molecule has 0 aromatic heterocycles. The molecule has 0 radical (unpaired) electrons. The first-order valence-electron chi connectivity index (χ1n) is 17.6. The highest BCUT2D eigenvalue weighted by atomic mass is 127. The van der Waals surface area contributed by atoms with Crippen LogP contribution in [0.25, 0.3) is 0 Å². The number of rotatable bonds is 11. The molecule has 2 aliphatic heterocycles. The molecule has 9 nitrogen and oxygen atoms in total. The normalized spacial score (nSPS) is 16.5. The Balaban J connectivity index is 0.000000341. The molecule has 2 heterocycles. The Morgan fingerprint density at radius 3 is 1.39 bits per heavy atom. The molecule has 2 aromatic carbocycles. The van der Waals surface area contributed by atoms with Crippen LogP contribution in [-0.4, -0.2) is 70.0 Å². The molecule has 4 rings (SSSR count). The van der Waals surface area contributed by atoms with Gasteiger partial charge in [-0.15, -0.1) is 0 Å². The molecule has 2 aromatic rings. The van der Waals surface area contributed by atoms with Crippen LogP contribution in [-0.2, 0) is 36.3 Å². The second-order valence-corrected chi connectivity index (χ2v) is 18.2. The summed E-state index contributed by atoms with van der Waals surface area (Å²) in [6.45, 7) is 14.9. The van der Waals surface area contributed by atoms with Crippen molar-refractivity contribution in [1.82, 2.24) is 9.80 Å². The second kappa shape index (κ2) is 20.0. The van der Waals surface area contributed by atoms with E-state index in [1.54, 1.807) is 4.90 Å². The lowest BCUT2D eigenvalue weighted by atomic mass is 9.95. The first-order chi connectivity index (χ1) is 23.1. The van der Waals surface area contributed by atoms with Crippen LogP contribution in [0.15, 0.2) is 60.7 Å². The van der Waals surface area contributed by atoms with Crippen molar-refractivity contribution in [3.63, 3.8) is 0 Å². The van der Waals surface area contributed by atoms with E-state index in [4.69, 9.17) is 18.5 Å². The van der Waals surface area contributed by atoms with Crippen molar-refractivity contribution in [3.8, 4) is 0 Å². The van der Waals surface area contributed by atoms with Crippen molar-refractivity contribution in [2.45, 2.75) is 104 Å². The van der Waals surface area contributed by atoms with Crippen LogP contribution in [0.3, 0.4) is 0 Å². The molecule has 0 N–H and O–H groups in total. The Bertz CT molecular complexity index is 1250. The zero-order valence-corrected chi connectivity index (χ0v) is 33.5. The van der Waals surface area contributed by atoms with E-state index in [1.807, 2.05) is 107 Å². The van der Waals surface area contributed by atoms with Gasteiger partial charge < -0.3 is 28.3 Å². The largest absolute Gasteiger partial charge is 0.444 e. The zero-order valence-electron chi connectivity index (χ0n) is 30.4. The van der Waals surface area contributed by atoms with Gasteiger partial charge in [0.1, 0.15) is 11.2 Å². The number of ether oxygens (including phenoxy) is 2. The minimum atomic E-state index is -3.28. The summed E-state index contributed by atoms with van der Waals surface area (Å²) in [5, 5.41) is 0. The maximum Gasteiger partial charge on any atom is 0.410 e. The molecule has 0 spiro atoms. The average Bonchev–Trinajstić information content (AvgIpc) is 3.06. The van der Waals surface area contributed by atoms with Gasteiger partial charge >= 0.3 is 19.8 Å². The summed E-state index contributed by atoms with van der Waals surface area (Å²) in [5.41, 5.74) is 1.06. The van der Waals surface area contributed by atoms with Crippen LogP contribution in [0.5, 0.6) is 0 Å². The fraction of sp³-hybridized carbons (Fsp3) is 0.632. The summed E-state index contributed by atoms with van der Waals surface area (Å²) in [6.07, 6.45) is 5.94. The van der Waals surface area contributed by atoms with E-state index in [0.29, 0.717) is 25.2 Å². The molecule has 2 aliphatic rings. The highest BCUT2D eigenvalue weighted by Crippen LogP contribution is 2.51. The van der Waals surface area contributed by atoms with Gasteiger partial charge in [-0.25, -0.2) is 9.59 Å². The van der Waals surface area contributed by atoms with E-state index >= 15 is 0 Å². The van der Waals surface area contributed by atoms with E-state index in [0.717, 1.165) is 62.2 Å². The minimum Gasteiger partial charge on any atom is -0.444 e. The van der Waals surface area contributed by atoms with Crippen molar-refractivity contribution in [2.75, 3.05) is 36.8 Å². The second-order valence-electron chi connectivity index (χ2n) is 14.9. The first kappa shape index (κ1) is 41.3. The third kappa shape index (κ3) is 16.6. The molecule has 274 valence electrons. The van der Waals surface area contributed by atoms with Gasteiger partial charge in [0.25, 0.3) is 0 Å². The first-order valence-corrected chi connectivity index (χ1v) is 20.9. The molecule has 0 bridgehead atoms. The van der Waals surface area contributed by atoms with Crippen LogP contribution >= 0.6 is 30.2 Å². The molecule has 2 saturated heterocycles. The SMILES string of the molecule is CC(C)(C)OC(=O)N1CCC(CCI)CC1.CC(C)(C)OC(=O)N1CCC(CCP(=O)(OCc2ccccc2)OCc2ccccc2)CC1. The molecule has 0 aliphatic carbocycles. The summed E-state index contributed by atoms with van der Waals surface area (Å²) in [6, 6.07) is 19.4. The third-order valence-corrected chi connectivity index (χ3v) is 10.9. The molecule has 49 heavy (non-hydrogen) atoms. The summed E-state index contributed by atoms with van der Waals surface area (Å²) in [4.78, 5) is 27.7. The van der Waals surface area contributed by atoms with Crippen molar-refractivity contribution in [3.05, 3.63) is 71.8 Å². The number of carbonyl (C=O) groups excluding carboxylic acids is 2. The molecular formula is C38H58IN2O7P. The van der Waals surface area contributed by atoms with Gasteiger partial charge in [0.05, 0.1) is 19.4 Å². The summed E-state index contributed by atoms with van der Waals surface area (Å²) in [7, 11) is -3.28. The summed E-state index contributed by atoms with van der Waals surface area (Å²) in [5.74, 6) is 1.17. The molecule has 11 heteroatoms. The minimum absolute atomic E-state index is 0.152. The monoisotopic (exact) mass is 812 g/mol. The Labute approximate surface area is 308 Å². The Hall–Kier alpha value is -2.14. The van der Waals surface area contributed by atoms with E-state index < -0.39 is 13.2 Å². The topological polar surface area (TPSA) is 94.6 Å². The predicted molar refractivity (Wildman–Crippen MR) is 204 cm³/mol. The van der Waals surface area contributed by atoms with E-state index in [2.05, 4.69) is 22.6 Å². The standard InChI is InChI=1S/C26H36NO5P.C12H22INO2/c1-26(2,3)32-25(28)27-17-14-22(15-18-27)16-19-33(29,30-20-23-10-6-4-7-11-23)31-21-24-12-8-5-9-13-24;1-12(2,3)16-11(15)14-8-5-10(4-7-13)6-9-14/h4-13,22H,14-21H2,1-3H3;10H,4-9H2,1-3H3.